The van der Waals surface area contributed by atoms with Gasteiger partial charge in [0.25, 0.3) is 0 Å². The van der Waals surface area contributed by atoms with Crippen LogP contribution in [0, 0.1) is 5.92 Å². The second-order valence-electron chi connectivity index (χ2n) is 3.45. The summed E-state index contributed by atoms with van der Waals surface area (Å²) in [7, 11) is 0. The van der Waals surface area contributed by atoms with Crippen LogP contribution in [0.5, 0.6) is 0 Å². The van der Waals surface area contributed by atoms with Crippen molar-refractivity contribution in [3.8, 4) is 0 Å². The summed E-state index contributed by atoms with van der Waals surface area (Å²) >= 11 is 0. The van der Waals surface area contributed by atoms with Crippen molar-refractivity contribution in [3.63, 3.8) is 0 Å². The summed E-state index contributed by atoms with van der Waals surface area (Å²) in [5.41, 5.74) is 0.464. The zero-order chi connectivity index (χ0) is 10.3. The van der Waals surface area contributed by atoms with Gasteiger partial charge in [0.15, 0.2) is 0 Å². The Bertz CT molecular complexity index is 179. The Kier molecular flexibility index (Phi) is 6.29. The van der Waals surface area contributed by atoms with E-state index in [2.05, 4.69) is 13.8 Å². The van der Waals surface area contributed by atoms with Crippen LogP contribution in [0.2, 0.25) is 0 Å². The summed E-state index contributed by atoms with van der Waals surface area (Å²) < 4.78 is 0. The molecular weight excluding hydrogens is 164 g/mol. The number of aliphatic carboxylic acids is 1. The fourth-order valence-corrected chi connectivity index (χ4v) is 1.32. The second kappa shape index (κ2) is 6.70. The van der Waals surface area contributed by atoms with Crippen LogP contribution < -0.4 is 0 Å². The molecule has 0 aromatic rings. The van der Waals surface area contributed by atoms with Gasteiger partial charge in [-0.15, -0.1) is 0 Å². The fraction of sp³-hybridized carbons (Fsp3) is 0.727. The Morgan fingerprint density at radius 1 is 1.38 bits per heavy atom. The van der Waals surface area contributed by atoms with Crippen LogP contribution in [0.1, 0.15) is 46.5 Å². The number of rotatable bonds is 6. The third-order valence-corrected chi connectivity index (χ3v) is 2.52. The van der Waals surface area contributed by atoms with E-state index in [0.29, 0.717) is 5.57 Å². The van der Waals surface area contributed by atoms with Gasteiger partial charge in [0.05, 0.1) is 0 Å². The van der Waals surface area contributed by atoms with Gasteiger partial charge in [0.2, 0.25) is 0 Å². The van der Waals surface area contributed by atoms with E-state index < -0.39 is 5.97 Å². The van der Waals surface area contributed by atoms with Crippen LogP contribution >= 0.6 is 0 Å². The molecule has 0 aromatic heterocycles. The van der Waals surface area contributed by atoms with Crippen molar-refractivity contribution in [2.45, 2.75) is 46.5 Å². The molecule has 0 fully saturated rings. The molecule has 0 rings (SSSR count). The van der Waals surface area contributed by atoms with E-state index in [1.807, 2.05) is 6.08 Å². The van der Waals surface area contributed by atoms with E-state index in [0.717, 1.165) is 18.8 Å². The van der Waals surface area contributed by atoms with E-state index in [-0.39, 0.29) is 0 Å². The minimum atomic E-state index is -0.801. The van der Waals surface area contributed by atoms with E-state index in [4.69, 9.17) is 5.11 Å². The van der Waals surface area contributed by atoms with Crippen LogP contribution in [0.15, 0.2) is 11.6 Å². The van der Waals surface area contributed by atoms with Crippen LogP contribution in [0.25, 0.3) is 0 Å². The first kappa shape index (κ1) is 12.2. The van der Waals surface area contributed by atoms with E-state index in [1.54, 1.807) is 6.92 Å². The monoisotopic (exact) mass is 184 g/mol. The minimum absolute atomic E-state index is 0.464. The predicted octanol–water partition coefficient (Wildman–Crippen LogP) is 3.23. The Labute approximate surface area is 80.7 Å². The highest BCUT2D eigenvalue weighted by molar-refractivity contribution is 5.85. The topological polar surface area (TPSA) is 37.3 Å². The third-order valence-electron chi connectivity index (χ3n) is 2.52. The van der Waals surface area contributed by atoms with Crippen molar-refractivity contribution in [1.82, 2.24) is 0 Å². The van der Waals surface area contributed by atoms with Crippen LogP contribution in [-0.2, 0) is 4.79 Å². The minimum Gasteiger partial charge on any atom is -0.478 e. The molecule has 0 amide bonds. The largest absolute Gasteiger partial charge is 0.478 e. The Morgan fingerprint density at radius 3 is 2.31 bits per heavy atom. The van der Waals surface area contributed by atoms with Crippen LogP contribution in [0.4, 0.5) is 0 Å². The molecule has 13 heavy (non-hydrogen) atoms. The molecule has 0 heterocycles. The standard InChI is InChI=1S/C11H20O2/c1-4-10(5-2)8-6-7-9(3)11(12)13/h7,10H,4-6,8H2,1-3H3,(H,12,13). The average Bonchev–Trinajstić information content (AvgIpc) is 2.12. The predicted molar refractivity (Wildman–Crippen MR) is 54.7 cm³/mol. The number of hydrogen-bond donors (Lipinski definition) is 1. The highest BCUT2D eigenvalue weighted by Gasteiger charge is 2.03. The van der Waals surface area contributed by atoms with Crippen molar-refractivity contribution in [2.75, 3.05) is 0 Å². The summed E-state index contributed by atoms with van der Waals surface area (Å²) in [6.45, 7) is 6.01. The van der Waals surface area contributed by atoms with Gasteiger partial charge in [0, 0.05) is 5.57 Å². The van der Waals surface area contributed by atoms with Crippen molar-refractivity contribution >= 4 is 5.97 Å². The second-order valence-corrected chi connectivity index (χ2v) is 3.45. The first-order valence-corrected chi connectivity index (χ1v) is 5.01. The van der Waals surface area contributed by atoms with Crippen molar-refractivity contribution in [1.29, 1.82) is 0 Å². The molecule has 0 saturated heterocycles. The molecule has 1 N–H and O–H groups in total. The smallest absolute Gasteiger partial charge is 0.330 e. The number of carboxylic acids is 1. The highest BCUT2D eigenvalue weighted by Crippen LogP contribution is 2.15. The zero-order valence-corrected chi connectivity index (χ0v) is 8.84. The summed E-state index contributed by atoms with van der Waals surface area (Å²) in [6.07, 6.45) is 6.20. The molecule has 2 nitrogen and oxygen atoms in total. The van der Waals surface area contributed by atoms with Gasteiger partial charge < -0.3 is 5.11 Å². The lowest BCUT2D eigenvalue weighted by Gasteiger charge is -2.09. The van der Waals surface area contributed by atoms with Crippen molar-refractivity contribution in [3.05, 3.63) is 11.6 Å². The first-order chi connectivity index (χ1) is 6.11. The van der Waals surface area contributed by atoms with Gasteiger partial charge in [-0.3, -0.25) is 0 Å². The van der Waals surface area contributed by atoms with E-state index in [9.17, 15) is 4.79 Å². The SMILES string of the molecule is CCC(CC)CCC=C(C)C(=O)O. The van der Waals surface area contributed by atoms with Gasteiger partial charge in [-0.05, 0) is 25.7 Å². The molecule has 0 aliphatic carbocycles. The van der Waals surface area contributed by atoms with Gasteiger partial charge in [0.1, 0.15) is 0 Å². The maximum Gasteiger partial charge on any atom is 0.330 e. The molecule has 0 atom stereocenters. The maximum atomic E-state index is 10.4. The van der Waals surface area contributed by atoms with E-state index in [1.165, 1.54) is 12.8 Å². The zero-order valence-electron chi connectivity index (χ0n) is 8.84. The Hall–Kier alpha value is -0.790. The molecule has 0 aromatic carbocycles. The molecule has 0 aliphatic rings. The van der Waals surface area contributed by atoms with Crippen molar-refractivity contribution in [2.24, 2.45) is 5.92 Å². The van der Waals surface area contributed by atoms with Crippen LogP contribution in [-0.4, -0.2) is 11.1 Å². The fourth-order valence-electron chi connectivity index (χ4n) is 1.32. The highest BCUT2D eigenvalue weighted by atomic mass is 16.4. The molecule has 0 aliphatic heterocycles. The summed E-state index contributed by atoms with van der Waals surface area (Å²) in [5, 5.41) is 8.59. The Balaban J connectivity index is 3.76. The van der Waals surface area contributed by atoms with Gasteiger partial charge in [-0.2, -0.15) is 0 Å². The molecule has 0 spiro atoms. The van der Waals surface area contributed by atoms with Gasteiger partial charge in [-0.1, -0.05) is 32.8 Å². The molecule has 0 radical (unpaired) electrons. The lowest BCUT2D eigenvalue weighted by Crippen LogP contribution is -1.98. The molecule has 0 saturated carbocycles. The molecular formula is C11H20O2. The average molecular weight is 184 g/mol. The molecule has 76 valence electrons. The maximum absolute atomic E-state index is 10.4. The lowest BCUT2D eigenvalue weighted by molar-refractivity contribution is -0.132. The molecule has 2 heteroatoms. The number of hydrogen-bond acceptors (Lipinski definition) is 1. The summed E-state index contributed by atoms with van der Waals surface area (Å²) in [5.74, 6) is -0.0533. The normalized spacial score (nSPS) is 12.2. The van der Waals surface area contributed by atoms with Crippen LogP contribution in [0.3, 0.4) is 0 Å². The first-order valence-electron chi connectivity index (χ1n) is 5.01. The summed E-state index contributed by atoms with van der Waals surface area (Å²) in [6, 6.07) is 0. The number of carbonyl (C=O) groups is 1. The Morgan fingerprint density at radius 2 is 1.92 bits per heavy atom. The van der Waals surface area contributed by atoms with Gasteiger partial charge >= 0.3 is 5.97 Å². The molecule has 0 bridgehead atoms. The van der Waals surface area contributed by atoms with Gasteiger partial charge in [-0.25, -0.2) is 4.79 Å². The quantitative estimate of drug-likeness (QED) is 0.643. The molecule has 0 unspecified atom stereocenters. The third kappa shape index (κ3) is 5.45. The lowest BCUT2D eigenvalue weighted by atomic mass is 9.97. The summed E-state index contributed by atoms with van der Waals surface area (Å²) in [4.78, 5) is 10.4. The number of carboxylic acid groups (broad SMARTS) is 1. The number of allylic oxidation sites excluding steroid dienone is 1. The van der Waals surface area contributed by atoms with E-state index >= 15 is 0 Å². The van der Waals surface area contributed by atoms with Crippen molar-refractivity contribution < 1.29 is 9.90 Å².